The van der Waals surface area contributed by atoms with Gasteiger partial charge in [-0.25, -0.2) is 4.98 Å². The number of aryl methyl sites for hydroxylation is 1. The lowest BCUT2D eigenvalue weighted by Crippen LogP contribution is -2.33. The Hall–Kier alpha value is -3.13. The highest BCUT2D eigenvalue weighted by molar-refractivity contribution is 7.18. The van der Waals surface area contributed by atoms with Crippen molar-refractivity contribution in [1.29, 1.82) is 0 Å². The zero-order chi connectivity index (χ0) is 19.7. The lowest BCUT2D eigenvalue weighted by molar-refractivity contribution is -0.132. The van der Waals surface area contributed by atoms with Crippen LogP contribution in [0.3, 0.4) is 0 Å². The van der Waals surface area contributed by atoms with Crippen LogP contribution in [0.25, 0.3) is 21.6 Å². The maximum Gasteiger partial charge on any atom is 0.246 e. The summed E-state index contributed by atoms with van der Waals surface area (Å²) < 4.78 is 1.12. The Morgan fingerprint density at radius 3 is 2.68 bits per heavy atom. The van der Waals surface area contributed by atoms with E-state index in [1.807, 2.05) is 62.4 Å². The van der Waals surface area contributed by atoms with Crippen LogP contribution in [0.15, 0.2) is 48.5 Å². The van der Waals surface area contributed by atoms with Crippen molar-refractivity contribution >= 4 is 27.5 Å². The molecule has 0 saturated carbocycles. The number of amides is 1. The molecule has 1 atom stereocenters. The Morgan fingerprint density at radius 1 is 1.18 bits per heavy atom. The van der Waals surface area contributed by atoms with Crippen molar-refractivity contribution in [1.82, 2.24) is 30.1 Å². The lowest BCUT2D eigenvalue weighted by Gasteiger charge is -2.22. The summed E-state index contributed by atoms with van der Waals surface area (Å²) in [5, 5.41) is 13.3. The maximum absolute atomic E-state index is 12.7. The fourth-order valence-corrected chi connectivity index (χ4v) is 3.87. The molecule has 4 rings (SSSR count). The molecule has 0 radical (unpaired) electrons. The van der Waals surface area contributed by atoms with Gasteiger partial charge < -0.3 is 4.90 Å². The molecule has 0 aliphatic rings. The fraction of sp³-hybridized carbons (Fsp3) is 0.250. The Bertz CT molecular complexity index is 1080. The number of tetrazole rings is 1. The van der Waals surface area contributed by atoms with Crippen molar-refractivity contribution in [3.63, 3.8) is 0 Å². The molecule has 142 valence electrons. The number of nitrogens with zero attached hydrogens (tertiary/aromatic N) is 6. The highest BCUT2D eigenvalue weighted by Gasteiger charge is 2.22. The number of carbonyl (C=O) groups is 1. The minimum absolute atomic E-state index is 0.0323. The summed E-state index contributed by atoms with van der Waals surface area (Å²) in [7, 11) is 1.77. The second kappa shape index (κ2) is 7.47. The molecule has 0 N–H and O–H groups in total. The van der Waals surface area contributed by atoms with Gasteiger partial charge in [-0.3, -0.25) is 4.79 Å². The highest BCUT2D eigenvalue weighted by Crippen LogP contribution is 2.28. The molecule has 0 aliphatic heterocycles. The van der Waals surface area contributed by atoms with Gasteiger partial charge in [0.05, 0.1) is 16.3 Å². The van der Waals surface area contributed by atoms with E-state index in [1.165, 1.54) is 4.80 Å². The zero-order valence-corrected chi connectivity index (χ0v) is 16.7. The third-order valence-corrected chi connectivity index (χ3v) is 5.89. The molecule has 0 bridgehead atoms. The number of benzene rings is 2. The number of carbonyl (C=O) groups excluding carboxylic acids is 1. The summed E-state index contributed by atoms with van der Waals surface area (Å²) in [4.78, 5) is 20.4. The number of aromatic nitrogens is 5. The molecule has 0 spiro atoms. The first-order valence-corrected chi connectivity index (χ1v) is 9.79. The fourth-order valence-electron chi connectivity index (χ4n) is 2.81. The SMILES string of the molecule is Cc1ccc(-c2nnn(CC(=O)N(C)[C@H](C)c3nc4ccccc4s3)n2)cc1. The van der Waals surface area contributed by atoms with E-state index in [1.54, 1.807) is 23.3 Å². The molecule has 4 aromatic rings. The first-order valence-electron chi connectivity index (χ1n) is 8.97. The van der Waals surface area contributed by atoms with Crippen LogP contribution in [-0.2, 0) is 11.3 Å². The van der Waals surface area contributed by atoms with Crippen molar-refractivity contribution < 1.29 is 4.79 Å². The van der Waals surface area contributed by atoms with E-state index in [9.17, 15) is 4.79 Å². The Balaban J connectivity index is 1.46. The van der Waals surface area contributed by atoms with Crippen LogP contribution < -0.4 is 0 Å². The molecule has 0 saturated heterocycles. The van der Waals surface area contributed by atoms with Crippen LogP contribution in [0.5, 0.6) is 0 Å². The lowest BCUT2D eigenvalue weighted by atomic mass is 10.1. The van der Waals surface area contributed by atoms with Crippen molar-refractivity contribution in [3.8, 4) is 11.4 Å². The quantitative estimate of drug-likeness (QED) is 0.520. The van der Waals surface area contributed by atoms with Gasteiger partial charge in [-0.1, -0.05) is 42.0 Å². The minimum Gasteiger partial charge on any atom is -0.335 e. The number of rotatable bonds is 5. The summed E-state index contributed by atoms with van der Waals surface area (Å²) in [6.07, 6.45) is 0. The molecule has 0 unspecified atom stereocenters. The van der Waals surface area contributed by atoms with Crippen LogP contribution in [0.1, 0.15) is 23.5 Å². The number of likely N-dealkylation sites (N-methyl/N-ethyl adjacent to an activating group) is 1. The summed E-state index contributed by atoms with van der Waals surface area (Å²) in [5.41, 5.74) is 2.99. The van der Waals surface area contributed by atoms with Gasteiger partial charge in [0.1, 0.15) is 11.6 Å². The van der Waals surface area contributed by atoms with E-state index in [-0.39, 0.29) is 18.5 Å². The van der Waals surface area contributed by atoms with Crippen LogP contribution in [-0.4, -0.2) is 43.0 Å². The van der Waals surface area contributed by atoms with Gasteiger partial charge in [-0.2, -0.15) is 4.80 Å². The Kier molecular flexibility index (Phi) is 4.87. The maximum atomic E-state index is 12.7. The number of para-hydroxylation sites is 1. The summed E-state index contributed by atoms with van der Waals surface area (Å²) in [6, 6.07) is 15.7. The second-order valence-electron chi connectivity index (χ2n) is 6.71. The Morgan fingerprint density at radius 2 is 1.93 bits per heavy atom. The third-order valence-electron chi connectivity index (χ3n) is 4.68. The Labute approximate surface area is 166 Å². The zero-order valence-electron chi connectivity index (χ0n) is 15.9. The predicted octanol–water partition coefficient (Wildman–Crippen LogP) is 3.48. The van der Waals surface area contributed by atoms with Crippen LogP contribution in [0, 0.1) is 6.92 Å². The van der Waals surface area contributed by atoms with E-state index in [0.717, 1.165) is 26.4 Å². The van der Waals surface area contributed by atoms with E-state index in [4.69, 9.17) is 0 Å². The number of thiazole rings is 1. The van der Waals surface area contributed by atoms with E-state index in [2.05, 4.69) is 20.4 Å². The first kappa shape index (κ1) is 18.2. The van der Waals surface area contributed by atoms with Crippen LogP contribution in [0.4, 0.5) is 0 Å². The van der Waals surface area contributed by atoms with Gasteiger partial charge in [0, 0.05) is 12.6 Å². The largest absolute Gasteiger partial charge is 0.335 e. The monoisotopic (exact) mass is 392 g/mol. The molecule has 2 heterocycles. The smallest absolute Gasteiger partial charge is 0.246 e. The van der Waals surface area contributed by atoms with Gasteiger partial charge >= 0.3 is 0 Å². The van der Waals surface area contributed by atoms with Crippen LogP contribution >= 0.6 is 11.3 Å². The van der Waals surface area contributed by atoms with Crippen molar-refractivity contribution in [2.45, 2.75) is 26.4 Å². The molecule has 0 aliphatic carbocycles. The highest BCUT2D eigenvalue weighted by atomic mass is 32.1. The molecule has 28 heavy (non-hydrogen) atoms. The molecule has 8 heteroatoms. The number of hydrogen-bond acceptors (Lipinski definition) is 6. The summed E-state index contributed by atoms with van der Waals surface area (Å²) in [6.45, 7) is 4.03. The van der Waals surface area contributed by atoms with Crippen molar-refractivity contribution in [3.05, 3.63) is 59.1 Å². The topological polar surface area (TPSA) is 76.8 Å². The van der Waals surface area contributed by atoms with Crippen molar-refractivity contribution in [2.75, 3.05) is 7.05 Å². The average Bonchev–Trinajstić information content (AvgIpc) is 3.34. The standard InChI is InChI=1S/C20H20N6OS/c1-13-8-10-15(11-9-13)19-22-24-26(23-19)12-18(27)25(3)14(2)20-21-16-6-4-5-7-17(16)28-20/h4-11,14H,12H2,1-3H3/t14-/m1/s1. The van der Waals surface area contributed by atoms with Gasteiger partial charge in [0.2, 0.25) is 11.7 Å². The van der Waals surface area contributed by atoms with Gasteiger partial charge in [0.15, 0.2) is 0 Å². The molecular weight excluding hydrogens is 372 g/mol. The van der Waals surface area contributed by atoms with E-state index in [0.29, 0.717) is 5.82 Å². The van der Waals surface area contributed by atoms with Gasteiger partial charge in [-0.05, 0) is 31.2 Å². The molecule has 2 aromatic heterocycles. The van der Waals surface area contributed by atoms with Gasteiger partial charge in [0.25, 0.3) is 0 Å². The minimum atomic E-state index is -0.134. The summed E-state index contributed by atoms with van der Waals surface area (Å²) >= 11 is 1.60. The number of hydrogen-bond donors (Lipinski definition) is 0. The second-order valence-corrected chi connectivity index (χ2v) is 7.77. The predicted molar refractivity (Wildman–Crippen MR) is 109 cm³/mol. The van der Waals surface area contributed by atoms with Gasteiger partial charge in [-0.15, -0.1) is 21.5 Å². The average molecular weight is 392 g/mol. The van der Waals surface area contributed by atoms with E-state index < -0.39 is 0 Å². The molecule has 0 fully saturated rings. The molecule has 7 nitrogen and oxygen atoms in total. The van der Waals surface area contributed by atoms with E-state index >= 15 is 0 Å². The first-order chi connectivity index (χ1) is 13.5. The summed E-state index contributed by atoms with van der Waals surface area (Å²) in [5.74, 6) is 0.411. The molecule has 1 amide bonds. The normalized spacial score (nSPS) is 12.2. The third kappa shape index (κ3) is 3.63. The van der Waals surface area contributed by atoms with Crippen LogP contribution in [0.2, 0.25) is 0 Å². The number of fused-ring (bicyclic) bond motifs is 1. The molecule has 2 aromatic carbocycles. The van der Waals surface area contributed by atoms with Crippen molar-refractivity contribution in [2.24, 2.45) is 0 Å². The molecular formula is C20H20N6OS.